The first-order chi connectivity index (χ1) is 20.5. The van der Waals surface area contributed by atoms with Crippen LogP contribution in [0.4, 0.5) is 5.69 Å². The molecule has 4 rings (SSSR count). The Hall–Kier alpha value is -4.16. The van der Waals surface area contributed by atoms with Crippen molar-refractivity contribution in [3.63, 3.8) is 0 Å². The van der Waals surface area contributed by atoms with E-state index in [0.717, 1.165) is 5.56 Å². The van der Waals surface area contributed by atoms with Gasteiger partial charge in [-0.15, -0.1) is 0 Å². The van der Waals surface area contributed by atoms with Crippen molar-refractivity contribution in [2.45, 2.75) is 37.3 Å². The summed E-state index contributed by atoms with van der Waals surface area (Å²) in [7, 11) is 0.709. The summed E-state index contributed by atoms with van der Waals surface area (Å²) in [5.74, 6) is 0.129. The second kappa shape index (κ2) is 13.9. The van der Waals surface area contributed by atoms with Crippen LogP contribution in [0.5, 0.6) is 11.5 Å². The number of ether oxygens (including phenoxy) is 3. The molecule has 0 fully saturated rings. The summed E-state index contributed by atoms with van der Waals surface area (Å²) in [4.78, 5) is 34.6. The molecule has 0 bridgehead atoms. The SMILES string of the molecule is COc1cccc(S(=O)(=O)Nc2ccc3c(c2)C(=O)N(C)C[C@H](OC)[C@H](C)CN(C(=O)Cc2cccnc2)[C@@H](C)CO3)c1. The number of aromatic nitrogens is 1. The highest BCUT2D eigenvalue weighted by atomic mass is 32.2. The van der Waals surface area contributed by atoms with E-state index in [2.05, 4.69) is 9.71 Å². The smallest absolute Gasteiger partial charge is 0.262 e. The van der Waals surface area contributed by atoms with E-state index in [1.807, 2.05) is 19.9 Å². The predicted octanol–water partition coefficient (Wildman–Crippen LogP) is 3.47. The Kier molecular flexibility index (Phi) is 10.3. The van der Waals surface area contributed by atoms with Crippen LogP contribution >= 0.6 is 0 Å². The summed E-state index contributed by atoms with van der Waals surface area (Å²) in [5, 5.41) is 0. The standard InChI is InChI=1S/C31H38N4O7S/c1-21-18-35(30(36)14-23-8-7-13-32-17-23)22(2)20-42-28-12-11-24(15-27(28)31(37)34(3)19-29(21)41-5)33-43(38,39)26-10-6-9-25(16-26)40-4/h6-13,15-17,21-22,29,33H,14,18-20H2,1-5H3/t21-,22+,29+/m1/s1. The number of sulfonamides is 1. The number of pyridine rings is 1. The first kappa shape index (κ1) is 31.8. The lowest BCUT2D eigenvalue weighted by atomic mass is 10.0. The third kappa shape index (κ3) is 7.82. The maximum absolute atomic E-state index is 13.7. The minimum atomic E-state index is -3.98. The maximum Gasteiger partial charge on any atom is 0.262 e. The molecule has 0 aliphatic carbocycles. The highest BCUT2D eigenvalue weighted by Crippen LogP contribution is 2.28. The molecule has 2 amide bonds. The van der Waals surface area contributed by atoms with Crippen molar-refractivity contribution in [3.05, 3.63) is 78.1 Å². The quantitative estimate of drug-likeness (QED) is 0.431. The van der Waals surface area contributed by atoms with Gasteiger partial charge >= 0.3 is 0 Å². The Morgan fingerprint density at radius 3 is 2.58 bits per heavy atom. The van der Waals surface area contributed by atoms with E-state index in [0.29, 0.717) is 12.3 Å². The fourth-order valence-electron chi connectivity index (χ4n) is 4.95. The fraction of sp³-hybridized carbons (Fsp3) is 0.387. The van der Waals surface area contributed by atoms with Gasteiger partial charge in [-0.05, 0) is 48.9 Å². The number of likely N-dealkylation sites (N-methyl/N-ethyl adjacent to an activating group) is 1. The molecule has 0 unspecified atom stereocenters. The number of benzene rings is 2. The van der Waals surface area contributed by atoms with E-state index in [-0.39, 0.29) is 71.3 Å². The Balaban J connectivity index is 1.65. The van der Waals surface area contributed by atoms with Gasteiger partial charge in [0.25, 0.3) is 15.9 Å². The number of carbonyl (C=O) groups excluding carboxylic acids is 2. The monoisotopic (exact) mass is 610 g/mol. The van der Waals surface area contributed by atoms with Crippen molar-refractivity contribution in [2.75, 3.05) is 45.7 Å². The average Bonchev–Trinajstić information content (AvgIpc) is 3.00. The van der Waals surface area contributed by atoms with Crippen molar-refractivity contribution >= 4 is 27.5 Å². The van der Waals surface area contributed by atoms with Crippen molar-refractivity contribution in [1.29, 1.82) is 0 Å². The molecule has 3 atom stereocenters. The summed E-state index contributed by atoms with van der Waals surface area (Å²) in [6, 6.07) is 14.0. The van der Waals surface area contributed by atoms with Crippen molar-refractivity contribution < 1.29 is 32.2 Å². The fourth-order valence-corrected chi connectivity index (χ4v) is 6.03. The van der Waals surface area contributed by atoms with Crippen LogP contribution in [0.3, 0.4) is 0 Å². The lowest BCUT2D eigenvalue weighted by molar-refractivity contribution is -0.134. The molecule has 2 aromatic carbocycles. The Bertz CT molecular complexity index is 1530. The van der Waals surface area contributed by atoms with Crippen molar-refractivity contribution in [3.8, 4) is 11.5 Å². The van der Waals surface area contributed by atoms with Crippen LogP contribution in [0, 0.1) is 5.92 Å². The molecular weight excluding hydrogens is 572 g/mol. The van der Waals surface area contributed by atoms with Gasteiger partial charge < -0.3 is 24.0 Å². The number of anilines is 1. The molecule has 0 spiro atoms. The molecule has 43 heavy (non-hydrogen) atoms. The van der Waals surface area contributed by atoms with Gasteiger partial charge in [0.1, 0.15) is 18.1 Å². The van der Waals surface area contributed by atoms with E-state index in [1.54, 1.807) is 55.7 Å². The number of hydrogen-bond acceptors (Lipinski definition) is 8. The molecule has 1 aliphatic heterocycles. The maximum atomic E-state index is 13.7. The highest BCUT2D eigenvalue weighted by Gasteiger charge is 2.30. The second-order valence-corrected chi connectivity index (χ2v) is 12.4. The van der Waals surface area contributed by atoms with Crippen LogP contribution in [0.25, 0.3) is 0 Å². The lowest BCUT2D eigenvalue weighted by Gasteiger charge is -2.36. The van der Waals surface area contributed by atoms with Crippen LogP contribution in [0.2, 0.25) is 0 Å². The molecule has 11 nitrogen and oxygen atoms in total. The molecule has 3 aromatic rings. The average molecular weight is 611 g/mol. The molecule has 0 saturated heterocycles. The molecule has 2 heterocycles. The van der Waals surface area contributed by atoms with Crippen LogP contribution in [0.15, 0.2) is 71.9 Å². The van der Waals surface area contributed by atoms with Gasteiger partial charge in [0.2, 0.25) is 5.91 Å². The summed E-state index contributed by atoms with van der Waals surface area (Å²) >= 11 is 0. The number of nitrogens with zero attached hydrogens (tertiary/aromatic N) is 3. The highest BCUT2D eigenvalue weighted by molar-refractivity contribution is 7.92. The number of carbonyl (C=O) groups is 2. The number of rotatable bonds is 7. The molecule has 0 radical (unpaired) electrons. The molecule has 1 aromatic heterocycles. The number of fused-ring (bicyclic) bond motifs is 1. The van der Waals surface area contributed by atoms with Crippen LogP contribution in [-0.4, -0.2) is 88.1 Å². The Morgan fingerprint density at radius 2 is 1.88 bits per heavy atom. The number of hydrogen-bond donors (Lipinski definition) is 1. The minimum absolute atomic E-state index is 0.0149. The third-order valence-corrected chi connectivity index (χ3v) is 8.83. The Morgan fingerprint density at radius 1 is 1.09 bits per heavy atom. The number of nitrogens with one attached hydrogen (secondary N) is 1. The molecule has 230 valence electrons. The second-order valence-electron chi connectivity index (χ2n) is 10.7. The summed E-state index contributed by atoms with van der Waals surface area (Å²) in [6.45, 7) is 4.64. The van der Waals surface area contributed by atoms with Gasteiger partial charge in [0.15, 0.2) is 0 Å². The van der Waals surface area contributed by atoms with E-state index in [4.69, 9.17) is 14.2 Å². The summed E-state index contributed by atoms with van der Waals surface area (Å²) in [6.07, 6.45) is 3.16. The summed E-state index contributed by atoms with van der Waals surface area (Å²) < 4.78 is 45.9. The first-order valence-corrected chi connectivity index (χ1v) is 15.4. The van der Waals surface area contributed by atoms with Gasteiger partial charge in [0.05, 0.1) is 36.1 Å². The predicted molar refractivity (Wildman–Crippen MR) is 162 cm³/mol. The van der Waals surface area contributed by atoms with E-state index >= 15 is 0 Å². The zero-order valence-electron chi connectivity index (χ0n) is 25.0. The van der Waals surface area contributed by atoms with Gasteiger partial charge in [-0.25, -0.2) is 8.42 Å². The van der Waals surface area contributed by atoms with Crippen molar-refractivity contribution in [2.24, 2.45) is 5.92 Å². The van der Waals surface area contributed by atoms with Gasteiger partial charge in [0, 0.05) is 57.3 Å². The number of amides is 2. The molecule has 1 N–H and O–H groups in total. The zero-order chi connectivity index (χ0) is 31.1. The van der Waals surface area contributed by atoms with Crippen molar-refractivity contribution in [1.82, 2.24) is 14.8 Å². The van der Waals surface area contributed by atoms with Gasteiger partial charge in [-0.3, -0.25) is 19.3 Å². The normalized spacial score (nSPS) is 19.8. The Labute approximate surface area is 252 Å². The van der Waals surface area contributed by atoms with Crippen LogP contribution < -0.4 is 14.2 Å². The van der Waals surface area contributed by atoms with Gasteiger partial charge in [-0.1, -0.05) is 19.1 Å². The van der Waals surface area contributed by atoms with E-state index in [9.17, 15) is 18.0 Å². The summed E-state index contributed by atoms with van der Waals surface area (Å²) in [5.41, 5.74) is 1.18. The number of methoxy groups -OCH3 is 2. The molecular formula is C31H38N4O7S. The molecule has 12 heteroatoms. The largest absolute Gasteiger partial charge is 0.497 e. The first-order valence-electron chi connectivity index (χ1n) is 13.9. The van der Waals surface area contributed by atoms with E-state index < -0.39 is 10.0 Å². The van der Waals surface area contributed by atoms with Gasteiger partial charge in [-0.2, -0.15) is 0 Å². The van der Waals surface area contributed by atoms with Crippen LogP contribution in [-0.2, 0) is 26.0 Å². The van der Waals surface area contributed by atoms with E-state index in [1.165, 1.54) is 36.3 Å². The zero-order valence-corrected chi connectivity index (χ0v) is 25.8. The van der Waals surface area contributed by atoms with Crippen LogP contribution in [0.1, 0.15) is 29.8 Å². The lowest BCUT2D eigenvalue weighted by Crippen LogP contribution is -2.49. The molecule has 1 aliphatic rings. The molecule has 0 saturated carbocycles. The topological polar surface area (TPSA) is 127 Å². The third-order valence-electron chi connectivity index (χ3n) is 7.45. The minimum Gasteiger partial charge on any atom is -0.497 e.